The molecule has 0 fully saturated rings. The number of carbonyl (C=O) groups is 2. The SMILES string of the molecule is Cc1ccc(CNC(=O)C(C)NC(=O)C2Cc3ccccc3CN2)cc1. The molecule has 2 atom stereocenters. The summed E-state index contributed by atoms with van der Waals surface area (Å²) in [6.07, 6.45) is 0.639. The number of rotatable bonds is 5. The van der Waals surface area contributed by atoms with Crippen LogP contribution in [0.25, 0.3) is 0 Å². The minimum Gasteiger partial charge on any atom is -0.350 e. The van der Waals surface area contributed by atoms with Crippen LogP contribution in [0.1, 0.15) is 29.2 Å². The van der Waals surface area contributed by atoms with E-state index in [1.54, 1.807) is 6.92 Å². The lowest BCUT2D eigenvalue weighted by atomic mass is 9.95. The summed E-state index contributed by atoms with van der Waals surface area (Å²) in [4.78, 5) is 24.7. The van der Waals surface area contributed by atoms with E-state index >= 15 is 0 Å². The van der Waals surface area contributed by atoms with E-state index in [2.05, 4.69) is 22.0 Å². The number of fused-ring (bicyclic) bond motifs is 1. The van der Waals surface area contributed by atoms with E-state index in [1.807, 2.05) is 49.4 Å². The second-order valence-electron chi connectivity index (χ2n) is 6.84. The van der Waals surface area contributed by atoms with E-state index in [1.165, 1.54) is 16.7 Å². The third kappa shape index (κ3) is 4.49. The average molecular weight is 351 g/mol. The molecule has 26 heavy (non-hydrogen) atoms. The molecule has 0 saturated carbocycles. The van der Waals surface area contributed by atoms with E-state index in [0.717, 1.165) is 5.56 Å². The molecule has 2 aromatic carbocycles. The van der Waals surface area contributed by atoms with Crippen molar-refractivity contribution in [2.75, 3.05) is 0 Å². The molecule has 1 aliphatic heterocycles. The van der Waals surface area contributed by atoms with Crippen LogP contribution in [0.5, 0.6) is 0 Å². The number of nitrogens with one attached hydrogen (secondary N) is 3. The van der Waals surface area contributed by atoms with Gasteiger partial charge in [0.2, 0.25) is 11.8 Å². The van der Waals surface area contributed by atoms with Gasteiger partial charge in [0.05, 0.1) is 6.04 Å². The Balaban J connectivity index is 1.49. The Bertz CT molecular complexity index is 786. The molecule has 0 spiro atoms. The van der Waals surface area contributed by atoms with Crippen LogP contribution < -0.4 is 16.0 Å². The van der Waals surface area contributed by atoms with Crippen molar-refractivity contribution in [2.24, 2.45) is 0 Å². The predicted octanol–water partition coefficient (Wildman–Crippen LogP) is 1.83. The first-order valence-corrected chi connectivity index (χ1v) is 8.97. The Morgan fingerprint density at radius 3 is 2.54 bits per heavy atom. The Morgan fingerprint density at radius 1 is 1.12 bits per heavy atom. The van der Waals surface area contributed by atoms with E-state index in [-0.39, 0.29) is 17.9 Å². The number of hydrogen-bond donors (Lipinski definition) is 3. The van der Waals surface area contributed by atoms with Crippen molar-refractivity contribution in [1.82, 2.24) is 16.0 Å². The van der Waals surface area contributed by atoms with Crippen LogP contribution in [0.2, 0.25) is 0 Å². The maximum Gasteiger partial charge on any atom is 0.242 e. The normalized spacial score (nSPS) is 17.1. The van der Waals surface area contributed by atoms with Crippen molar-refractivity contribution >= 4 is 11.8 Å². The van der Waals surface area contributed by atoms with Crippen LogP contribution in [0.3, 0.4) is 0 Å². The van der Waals surface area contributed by atoms with Gasteiger partial charge in [-0.25, -0.2) is 0 Å². The van der Waals surface area contributed by atoms with E-state index < -0.39 is 6.04 Å². The lowest BCUT2D eigenvalue weighted by Crippen LogP contribution is -2.53. The predicted molar refractivity (Wildman–Crippen MR) is 101 cm³/mol. The van der Waals surface area contributed by atoms with Crippen molar-refractivity contribution < 1.29 is 9.59 Å². The lowest BCUT2D eigenvalue weighted by molar-refractivity contribution is -0.129. The van der Waals surface area contributed by atoms with Gasteiger partial charge in [0.25, 0.3) is 0 Å². The van der Waals surface area contributed by atoms with Gasteiger partial charge in [-0.05, 0) is 37.0 Å². The molecule has 2 unspecified atom stereocenters. The van der Waals surface area contributed by atoms with Gasteiger partial charge in [-0.1, -0.05) is 54.1 Å². The van der Waals surface area contributed by atoms with Crippen molar-refractivity contribution in [1.29, 1.82) is 0 Å². The zero-order valence-corrected chi connectivity index (χ0v) is 15.2. The summed E-state index contributed by atoms with van der Waals surface area (Å²) in [5.74, 6) is -0.326. The molecular weight excluding hydrogens is 326 g/mol. The molecule has 2 amide bonds. The Morgan fingerprint density at radius 2 is 1.81 bits per heavy atom. The van der Waals surface area contributed by atoms with Crippen molar-refractivity contribution in [2.45, 2.75) is 45.4 Å². The zero-order chi connectivity index (χ0) is 18.5. The van der Waals surface area contributed by atoms with Crippen LogP contribution in [-0.4, -0.2) is 23.9 Å². The first-order chi connectivity index (χ1) is 12.5. The summed E-state index contributed by atoms with van der Waals surface area (Å²) in [5.41, 5.74) is 4.62. The molecule has 3 rings (SSSR count). The number of aryl methyl sites for hydroxylation is 1. The fourth-order valence-corrected chi connectivity index (χ4v) is 3.07. The van der Waals surface area contributed by atoms with E-state index in [9.17, 15) is 9.59 Å². The minimum atomic E-state index is -0.577. The Kier molecular flexibility index (Phi) is 5.68. The van der Waals surface area contributed by atoms with Crippen LogP contribution in [0.4, 0.5) is 0 Å². The number of carbonyl (C=O) groups excluding carboxylic acids is 2. The van der Waals surface area contributed by atoms with E-state index in [4.69, 9.17) is 0 Å². The molecule has 5 heteroatoms. The molecule has 0 aromatic heterocycles. The third-order valence-electron chi connectivity index (χ3n) is 4.74. The third-order valence-corrected chi connectivity index (χ3v) is 4.74. The minimum absolute atomic E-state index is 0.141. The summed E-state index contributed by atoms with van der Waals surface area (Å²) in [7, 11) is 0. The zero-order valence-electron chi connectivity index (χ0n) is 15.2. The average Bonchev–Trinajstić information content (AvgIpc) is 2.66. The van der Waals surface area contributed by atoms with Crippen LogP contribution in [0.15, 0.2) is 48.5 Å². The number of benzene rings is 2. The van der Waals surface area contributed by atoms with Gasteiger partial charge in [0.15, 0.2) is 0 Å². The van der Waals surface area contributed by atoms with Gasteiger partial charge >= 0.3 is 0 Å². The van der Waals surface area contributed by atoms with Crippen LogP contribution in [0, 0.1) is 6.92 Å². The number of amides is 2. The Hall–Kier alpha value is -2.66. The lowest BCUT2D eigenvalue weighted by Gasteiger charge is -2.26. The molecule has 0 bridgehead atoms. The highest BCUT2D eigenvalue weighted by Gasteiger charge is 2.26. The van der Waals surface area contributed by atoms with Gasteiger partial charge in [0.1, 0.15) is 6.04 Å². The molecule has 0 saturated heterocycles. The highest BCUT2D eigenvalue weighted by Crippen LogP contribution is 2.16. The van der Waals surface area contributed by atoms with Crippen molar-refractivity contribution in [3.8, 4) is 0 Å². The second kappa shape index (κ2) is 8.15. The first-order valence-electron chi connectivity index (χ1n) is 8.97. The Labute approximate surface area is 154 Å². The molecule has 1 heterocycles. The van der Waals surface area contributed by atoms with Gasteiger partial charge in [0, 0.05) is 13.1 Å². The van der Waals surface area contributed by atoms with Gasteiger partial charge in [-0.2, -0.15) is 0 Å². The fraction of sp³-hybridized carbons (Fsp3) is 0.333. The van der Waals surface area contributed by atoms with Crippen molar-refractivity contribution in [3.05, 3.63) is 70.8 Å². The van der Waals surface area contributed by atoms with Crippen molar-refractivity contribution in [3.63, 3.8) is 0 Å². The fourth-order valence-electron chi connectivity index (χ4n) is 3.07. The van der Waals surface area contributed by atoms with E-state index in [0.29, 0.717) is 19.5 Å². The van der Waals surface area contributed by atoms with Gasteiger partial charge in [-0.3, -0.25) is 9.59 Å². The molecule has 0 radical (unpaired) electrons. The van der Waals surface area contributed by atoms with Gasteiger partial charge < -0.3 is 16.0 Å². The topological polar surface area (TPSA) is 70.2 Å². The molecular formula is C21H25N3O2. The summed E-state index contributed by atoms with van der Waals surface area (Å²) < 4.78 is 0. The largest absolute Gasteiger partial charge is 0.350 e. The summed E-state index contributed by atoms with van der Waals surface area (Å²) in [5, 5.41) is 8.92. The number of hydrogen-bond acceptors (Lipinski definition) is 3. The molecule has 3 N–H and O–H groups in total. The standard InChI is InChI=1S/C21H25N3O2/c1-14-7-9-16(10-8-14)12-23-20(25)15(2)24-21(26)19-11-17-5-3-4-6-18(17)13-22-19/h3-10,15,19,22H,11-13H2,1-2H3,(H,23,25)(H,24,26). The molecule has 136 valence electrons. The maximum atomic E-state index is 12.5. The highest BCUT2D eigenvalue weighted by atomic mass is 16.2. The molecule has 1 aliphatic rings. The molecule has 5 nitrogen and oxygen atoms in total. The quantitative estimate of drug-likeness (QED) is 0.770. The summed E-state index contributed by atoms with van der Waals surface area (Å²) in [6.45, 7) is 4.85. The summed E-state index contributed by atoms with van der Waals surface area (Å²) in [6, 6.07) is 15.2. The molecule has 0 aliphatic carbocycles. The first kappa shape index (κ1) is 18.1. The smallest absolute Gasteiger partial charge is 0.242 e. The molecule has 2 aromatic rings. The second-order valence-corrected chi connectivity index (χ2v) is 6.84. The van der Waals surface area contributed by atoms with Gasteiger partial charge in [-0.15, -0.1) is 0 Å². The summed E-state index contributed by atoms with van der Waals surface area (Å²) >= 11 is 0. The maximum absolute atomic E-state index is 12.5. The highest BCUT2D eigenvalue weighted by molar-refractivity contribution is 5.89. The monoisotopic (exact) mass is 351 g/mol. The van der Waals surface area contributed by atoms with Crippen LogP contribution >= 0.6 is 0 Å². The van der Waals surface area contributed by atoms with Crippen LogP contribution in [-0.2, 0) is 29.1 Å².